The van der Waals surface area contributed by atoms with Gasteiger partial charge in [0.2, 0.25) is 5.91 Å². The topological polar surface area (TPSA) is 70.2 Å². The molecule has 0 aromatic heterocycles. The molecule has 3 N–H and O–H groups in total. The number of thiocarbonyl (C=S) groups is 1. The Hall–Kier alpha value is -2.73. The molecule has 0 aliphatic heterocycles. The van der Waals surface area contributed by atoms with E-state index >= 15 is 0 Å². The van der Waals surface area contributed by atoms with Crippen molar-refractivity contribution < 1.29 is 9.59 Å². The van der Waals surface area contributed by atoms with Gasteiger partial charge in [0.05, 0.1) is 5.41 Å². The van der Waals surface area contributed by atoms with Crippen LogP contribution < -0.4 is 16.0 Å². The predicted molar refractivity (Wildman–Crippen MR) is 131 cm³/mol. The van der Waals surface area contributed by atoms with Crippen LogP contribution >= 0.6 is 12.2 Å². The fraction of sp³-hybridized carbons (Fsp3) is 0.423. The molecule has 2 aromatic rings. The van der Waals surface area contributed by atoms with Crippen molar-refractivity contribution in [2.24, 2.45) is 23.2 Å². The first kappa shape index (κ1) is 21.1. The lowest BCUT2D eigenvalue weighted by Crippen LogP contribution is -2.55. The van der Waals surface area contributed by atoms with Crippen molar-refractivity contribution in [2.75, 3.05) is 10.6 Å². The van der Waals surface area contributed by atoms with E-state index in [4.69, 9.17) is 12.2 Å². The van der Waals surface area contributed by atoms with E-state index in [1.807, 2.05) is 49.4 Å². The summed E-state index contributed by atoms with van der Waals surface area (Å²) in [7, 11) is 0. The van der Waals surface area contributed by atoms with Crippen molar-refractivity contribution in [1.82, 2.24) is 5.32 Å². The lowest BCUT2D eigenvalue weighted by atomic mass is 9.49. The molecule has 4 fully saturated rings. The van der Waals surface area contributed by atoms with Gasteiger partial charge < -0.3 is 16.0 Å². The molecule has 6 heteroatoms. The second kappa shape index (κ2) is 8.32. The van der Waals surface area contributed by atoms with Gasteiger partial charge in [-0.25, -0.2) is 0 Å². The number of aryl methyl sites for hydroxylation is 1. The lowest BCUT2D eigenvalue weighted by Gasteiger charge is -2.55. The molecule has 0 heterocycles. The number of benzene rings is 2. The Morgan fingerprint density at radius 3 is 2.00 bits per heavy atom. The van der Waals surface area contributed by atoms with Gasteiger partial charge >= 0.3 is 0 Å². The number of rotatable bonds is 4. The zero-order valence-electron chi connectivity index (χ0n) is 18.3. The molecule has 0 atom stereocenters. The van der Waals surface area contributed by atoms with E-state index in [0.29, 0.717) is 16.4 Å². The predicted octanol–water partition coefficient (Wildman–Crippen LogP) is 5.28. The highest BCUT2D eigenvalue weighted by atomic mass is 32.1. The smallest absolute Gasteiger partial charge is 0.255 e. The fourth-order valence-electron chi connectivity index (χ4n) is 6.41. The Morgan fingerprint density at radius 2 is 1.44 bits per heavy atom. The molecule has 32 heavy (non-hydrogen) atoms. The highest BCUT2D eigenvalue weighted by Gasteiger charge is 2.54. The standard InChI is InChI=1S/C26H29N3O2S/c1-16-3-2-4-20(9-16)23(30)27-21-5-7-22(8-6-21)28-25(32)29-24(31)26-13-17-10-18(14-26)12-19(11-17)15-26/h2-9,17-19H,10-15H2,1H3,(H,27,30)(H2,28,29,31,32). The van der Waals surface area contributed by atoms with Crippen LogP contribution in [0.5, 0.6) is 0 Å². The third kappa shape index (κ3) is 4.29. The molecule has 166 valence electrons. The van der Waals surface area contributed by atoms with Crippen molar-refractivity contribution in [3.8, 4) is 0 Å². The first-order chi connectivity index (χ1) is 15.4. The second-order valence-electron chi connectivity index (χ2n) is 10.0. The molecular weight excluding hydrogens is 418 g/mol. The Kier molecular flexibility index (Phi) is 5.49. The Morgan fingerprint density at radius 1 is 0.875 bits per heavy atom. The number of hydrogen-bond donors (Lipinski definition) is 3. The van der Waals surface area contributed by atoms with Crippen LogP contribution in [0.1, 0.15) is 54.4 Å². The minimum atomic E-state index is -0.218. The van der Waals surface area contributed by atoms with E-state index in [9.17, 15) is 9.59 Å². The molecule has 2 amide bonds. The molecule has 2 aromatic carbocycles. The SMILES string of the molecule is Cc1cccc(C(=O)Nc2ccc(NC(=S)NC(=O)C34CC5CC(CC(C5)C3)C4)cc2)c1. The van der Waals surface area contributed by atoms with Gasteiger partial charge in [-0.2, -0.15) is 0 Å². The summed E-state index contributed by atoms with van der Waals surface area (Å²) in [5, 5.41) is 9.32. The van der Waals surface area contributed by atoms with Gasteiger partial charge in [-0.3, -0.25) is 9.59 Å². The van der Waals surface area contributed by atoms with E-state index < -0.39 is 0 Å². The maximum atomic E-state index is 13.1. The van der Waals surface area contributed by atoms with E-state index in [1.165, 1.54) is 19.3 Å². The Balaban J connectivity index is 1.16. The van der Waals surface area contributed by atoms with Gasteiger partial charge in [-0.05, 0) is 112 Å². The molecule has 0 radical (unpaired) electrons. The molecule has 4 bridgehead atoms. The van der Waals surface area contributed by atoms with Crippen LogP contribution in [-0.4, -0.2) is 16.9 Å². The number of nitrogens with one attached hydrogen (secondary N) is 3. The minimum Gasteiger partial charge on any atom is -0.332 e. The van der Waals surface area contributed by atoms with Gasteiger partial charge in [0, 0.05) is 16.9 Å². The van der Waals surface area contributed by atoms with Crippen LogP contribution in [0.25, 0.3) is 0 Å². The van der Waals surface area contributed by atoms with Crippen LogP contribution in [-0.2, 0) is 4.79 Å². The Bertz CT molecular complexity index is 1030. The Labute approximate surface area is 194 Å². The molecule has 4 saturated carbocycles. The summed E-state index contributed by atoms with van der Waals surface area (Å²) < 4.78 is 0. The van der Waals surface area contributed by atoms with E-state index in [0.717, 1.165) is 48.3 Å². The minimum absolute atomic E-state index is 0.0936. The van der Waals surface area contributed by atoms with Crippen LogP contribution in [0.15, 0.2) is 48.5 Å². The molecule has 6 rings (SSSR count). The molecule has 5 nitrogen and oxygen atoms in total. The summed E-state index contributed by atoms with van der Waals surface area (Å²) in [6, 6.07) is 14.8. The first-order valence-corrected chi connectivity index (χ1v) is 11.9. The van der Waals surface area contributed by atoms with E-state index in [2.05, 4.69) is 16.0 Å². The molecule has 0 spiro atoms. The molecule has 4 aliphatic rings. The highest BCUT2D eigenvalue weighted by molar-refractivity contribution is 7.80. The summed E-state index contributed by atoms with van der Waals surface area (Å²) in [6.07, 6.45) is 6.97. The summed E-state index contributed by atoms with van der Waals surface area (Å²) in [4.78, 5) is 25.6. The van der Waals surface area contributed by atoms with E-state index in [1.54, 1.807) is 6.07 Å². The van der Waals surface area contributed by atoms with Gasteiger partial charge in [0.15, 0.2) is 5.11 Å². The highest BCUT2D eigenvalue weighted by Crippen LogP contribution is 2.60. The zero-order chi connectivity index (χ0) is 22.3. The monoisotopic (exact) mass is 447 g/mol. The summed E-state index contributed by atoms with van der Waals surface area (Å²) in [5.41, 5.74) is 2.92. The second-order valence-corrected chi connectivity index (χ2v) is 10.4. The van der Waals surface area contributed by atoms with Crippen molar-refractivity contribution in [2.45, 2.75) is 45.4 Å². The quantitative estimate of drug-likeness (QED) is 0.558. The molecule has 0 unspecified atom stereocenters. The largest absolute Gasteiger partial charge is 0.332 e. The van der Waals surface area contributed by atoms with Gasteiger partial charge in [0.25, 0.3) is 5.91 Å². The van der Waals surface area contributed by atoms with Crippen LogP contribution in [0.3, 0.4) is 0 Å². The molecule has 0 saturated heterocycles. The normalized spacial score (nSPS) is 27.6. The lowest BCUT2D eigenvalue weighted by molar-refractivity contribution is -0.144. The van der Waals surface area contributed by atoms with Gasteiger partial charge in [0.1, 0.15) is 0 Å². The molecular formula is C26H29N3O2S. The summed E-state index contributed by atoms with van der Waals surface area (Å²) in [5.74, 6) is 2.10. The summed E-state index contributed by atoms with van der Waals surface area (Å²) in [6.45, 7) is 1.96. The third-order valence-corrected chi connectivity index (χ3v) is 7.63. The number of hydrogen-bond acceptors (Lipinski definition) is 3. The van der Waals surface area contributed by atoms with Gasteiger partial charge in [-0.15, -0.1) is 0 Å². The van der Waals surface area contributed by atoms with Crippen LogP contribution in [0.4, 0.5) is 11.4 Å². The number of carbonyl (C=O) groups excluding carboxylic acids is 2. The first-order valence-electron chi connectivity index (χ1n) is 11.5. The zero-order valence-corrected chi connectivity index (χ0v) is 19.1. The van der Waals surface area contributed by atoms with E-state index in [-0.39, 0.29) is 17.2 Å². The van der Waals surface area contributed by atoms with Crippen molar-refractivity contribution >= 4 is 40.5 Å². The third-order valence-electron chi connectivity index (χ3n) is 7.43. The van der Waals surface area contributed by atoms with Crippen LogP contribution in [0, 0.1) is 30.1 Å². The average molecular weight is 448 g/mol. The fourth-order valence-corrected chi connectivity index (χ4v) is 6.62. The maximum absolute atomic E-state index is 13.1. The van der Waals surface area contributed by atoms with Crippen molar-refractivity contribution in [1.29, 1.82) is 0 Å². The van der Waals surface area contributed by atoms with Crippen molar-refractivity contribution in [3.05, 3.63) is 59.7 Å². The van der Waals surface area contributed by atoms with Crippen molar-refractivity contribution in [3.63, 3.8) is 0 Å². The van der Waals surface area contributed by atoms with Crippen LogP contribution in [0.2, 0.25) is 0 Å². The summed E-state index contributed by atoms with van der Waals surface area (Å²) >= 11 is 5.43. The number of carbonyl (C=O) groups is 2. The van der Waals surface area contributed by atoms with Gasteiger partial charge in [-0.1, -0.05) is 17.7 Å². The number of anilines is 2. The average Bonchev–Trinajstić information content (AvgIpc) is 2.74. The maximum Gasteiger partial charge on any atom is 0.255 e. The number of amides is 2. The molecule has 4 aliphatic carbocycles.